The molecule has 19 heavy (non-hydrogen) atoms. The average molecular weight is 269 g/mol. The van der Waals surface area contributed by atoms with Gasteiger partial charge in [-0.05, 0) is 38.1 Å². The zero-order chi connectivity index (χ0) is 14.5. The van der Waals surface area contributed by atoms with Crippen LogP contribution in [0.4, 0.5) is 0 Å². The maximum Gasteiger partial charge on any atom is 0.310 e. The number of aliphatic carboxylic acids is 1. The van der Waals surface area contributed by atoms with Crippen molar-refractivity contribution >= 4 is 5.97 Å². The Balaban J connectivity index is 2.68. The lowest BCUT2D eigenvalue weighted by atomic mass is 9.82. The van der Waals surface area contributed by atoms with Crippen LogP contribution in [-0.2, 0) is 4.79 Å². The third kappa shape index (κ3) is 3.95. The molecule has 1 rings (SSSR count). The Morgan fingerprint density at radius 1 is 1.32 bits per heavy atom. The van der Waals surface area contributed by atoms with Crippen molar-refractivity contribution in [1.29, 1.82) is 0 Å². The average Bonchev–Trinajstić information content (AvgIpc) is 2.81. The molecule has 112 valence electrons. The van der Waals surface area contributed by atoms with Gasteiger partial charge in [0.25, 0.3) is 0 Å². The first-order valence-electron chi connectivity index (χ1n) is 7.96. The van der Waals surface area contributed by atoms with Crippen molar-refractivity contribution in [1.82, 2.24) is 4.90 Å². The van der Waals surface area contributed by atoms with Crippen molar-refractivity contribution in [2.75, 3.05) is 13.1 Å². The highest BCUT2D eigenvalue weighted by molar-refractivity contribution is 5.75. The molecule has 3 heteroatoms. The highest BCUT2D eigenvalue weighted by atomic mass is 16.4. The SMILES string of the molecule is CCCC1(C(=O)O)CCN(C(CC)CC(C)CC)C1. The molecule has 0 aromatic carbocycles. The summed E-state index contributed by atoms with van der Waals surface area (Å²) in [5.41, 5.74) is -0.475. The molecule has 0 radical (unpaired) electrons. The Morgan fingerprint density at radius 2 is 2.00 bits per heavy atom. The van der Waals surface area contributed by atoms with E-state index in [9.17, 15) is 9.90 Å². The summed E-state index contributed by atoms with van der Waals surface area (Å²) in [7, 11) is 0. The molecule has 0 spiro atoms. The van der Waals surface area contributed by atoms with Gasteiger partial charge in [0.1, 0.15) is 0 Å². The van der Waals surface area contributed by atoms with Gasteiger partial charge in [0.15, 0.2) is 0 Å². The Kier molecular flexibility index (Phi) is 6.31. The van der Waals surface area contributed by atoms with Crippen LogP contribution in [0.5, 0.6) is 0 Å². The normalized spacial score (nSPS) is 27.4. The summed E-state index contributed by atoms with van der Waals surface area (Å²) in [6.45, 7) is 10.6. The van der Waals surface area contributed by atoms with Gasteiger partial charge in [0, 0.05) is 12.6 Å². The van der Waals surface area contributed by atoms with E-state index in [0.717, 1.165) is 44.7 Å². The van der Waals surface area contributed by atoms with E-state index in [-0.39, 0.29) is 0 Å². The van der Waals surface area contributed by atoms with E-state index in [1.54, 1.807) is 0 Å². The van der Waals surface area contributed by atoms with Crippen LogP contribution in [0.25, 0.3) is 0 Å². The fourth-order valence-electron chi connectivity index (χ4n) is 3.39. The lowest BCUT2D eigenvalue weighted by molar-refractivity contribution is -0.148. The van der Waals surface area contributed by atoms with E-state index in [2.05, 4.69) is 32.6 Å². The molecule has 0 aliphatic carbocycles. The number of rotatable bonds is 8. The second-order valence-electron chi connectivity index (χ2n) is 6.37. The van der Waals surface area contributed by atoms with E-state index in [1.807, 2.05) is 0 Å². The molecule has 1 saturated heterocycles. The Hall–Kier alpha value is -0.570. The van der Waals surface area contributed by atoms with Crippen molar-refractivity contribution in [3.63, 3.8) is 0 Å². The number of carbonyl (C=O) groups is 1. The van der Waals surface area contributed by atoms with Gasteiger partial charge in [-0.2, -0.15) is 0 Å². The van der Waals surface area contributed by atoms with E-state index >= 15 is 0 Å². The van der Waals surface area contributed by atoms with E-state index < -0.39 is 11.4 Å². The predicted molar refractivity (Wildman–Crippen MR) is 79.3 cm³/mol. The molecule has 1 heterocycles. The maximum absolute atomic E-state index is 11.6. The van der Waals surface area contributed by atoms with Gasteiger partial charge in [-0.1, -0.05) is 40.5 Å². The first-order valence-corrected chi connectivity index (χ1v) is 7.96. The van der Waals surface area contributed by atoms with Gasteiger partial charge in [0.05, 0.1) is 5.41 Å². The van der Waals surface area contributed by atoms with Crippen LogP contribution in [0.1, 0.15) is 66.2 Å². The lowest BCUT2D eigenvalue weighted by Gasteiger charge is -2.31. The molecule has 0 aromatic heterocycles. The fraction of sp³-hybridized carbons (Fsp3) is 0.938. The first kappa shape index (κ1) is 16.5. The van der Waals surface area contributed by atoms with Crippen LogP contribution in [0, 0.1) is 11.3 Å². The van der Waals surface area contributed by atoms with Gasteiger partial charge >= 0.3 is 5.97 Å². The minimum absolute atomic E-state index is 0.475. The monoisotopic (exact) mass is 269 g/mol. The number of hydrogen-bond donors (Lipinski definition) is 1. The van der Waals surface area contributed by atoms with Crippen LogP contribution in [0.3, 0.4) is 0 Å². The van der Waals surface area contributed by atoms with Crippen LogP contribution >= 0.6 is 0 Å². The highest BCUT2D eigenvalue weighted by Gasteiger charge is 2.45. The number of hydrogen-bond acceptors (Lipinski definition) is 2. The summed E-state index contributed by atoms with van der Waals surface area (Å²) in [6, 6.07) is 0.563. The summed E-state index contributed by atoms with van der Waals surface area (Å²) < 4.78 is 0. The standard InChI is InChI=1S/C16H31NO2/c1-5-8-16(15(18)19)9-10-17(12-16)14(7-3)11-13(4)6-2/h13-14H,5-12H2,1-4H3,(H,18,19). The van der Waals surface area contributed by atoms with Gasteiger partial charge in [0.2, 0.25) is 0 Å². The quantitative estimate of drug-likeness (QED) is 0.729. The Bertz CT molecular complexity index is 292. The van der Waals surface area contributed by atoms with Gasteiger partial charge in [-0.15, -0.1) is 0 Å². The zero-order valence-electron chi connectivity index (χ0n) is 13.1. The molecule has 0 amide bonds. The van der Waals surface area contributed by atoms with Crippen LogP contribution < -0.4 is 0 Å². The smallest absolute Gasteiger partial charge is 0.310 e. The number of carboxylic acids is 1. The Morgan fingerprint density at radius 3 is 2.47 bits per heavy atom. The van der Waals surface area contributed by atoms with E-state index in [4.69, 9.17) is 0 Å². The fourth-order valence-corrected chi connectivity index (χ4v) is 3.39. The van der Waals surface area contributed by atoms with Crippen LogP contribution in [-0.4, -0.2) is 35.1 Å². The molecule has 0 bridgehead atoms. The second kappa shape index (κ2) is 7.28. The first-order chi connectivity index (χ1) is 8.99. The van der Waals surface area contributed by atoms with E-state index in [1.165, 1.54) is 12.8 Å². The maximum atomic E-state index is 11.6. The van der Waals surface area contributed by atoms with Crippen molar-refractivity contribution in [3.05, 3.63) is 0 Å². The van der Waals surface area contributed by atoms with Gasteiger partial charge < -0.3 is 5.11 Å². The molecule has 1 aliphatic heterocycles. The summed E-state index contributed by atoms with van der Waals surface area (Å²) in [4.78, 5) is 14.1. The number of nitrogens with zero attached hydrogens (tertiary/aromatic N) is 1. The van der Waals surface area contributed by atoms with Crippen molar-refractivity contribution in [3.8, 4) is 0 Å². The van der Waals surface area contributed by atoms with Crippen LogP contribution in [0.2, 0.25) is 0 Å². The molecular formula is C16H31NO2. The largest absolute Gasteiger partial charge is 0.481 e. The minimum Gasteiger partial charge on any atom is -0.481 e. The number of carboxylic acid groups (broad SMARTS) is 1. The molecule has 1 aliphatic rings. The third-order valence-electron chi connectivity index (χ3n) is 4.92. The van der Waals surface area contributed by atoms with E-state index in [0.29, 0.717) is 6.04 Å². The van der Waals surface area contributed by atoms with Gasteiger partial charge in [-0.3, -0.25) is 9.69 Å². The molecule has 1 N–H and O–H groups in total. The summed E-state index contributed by atoms with van der Waals surface area (Å²) >= 11 is 0. The van der Waals surface area contributed by atoms with Crippen LogP contribution in [0.15, 0.2) is 0 Å². The molecule has 3 nitrogen and oxygen atoms in total. The summed E-state index contributed by atoms with van der Waals surface area (Å²) in [5, 5.41) is 9.57. The van der Waals surface area contributed by atoms with Crippen molar-refractivity contribution in [2.45, 2.75) is 72.3 Å². The summed E-state index contributed by atoms with van der Waals surface area (Å²) in [5.74, 6) is 0.145. The molecule has 3 atom stereocenters. The van der Waals surface area contributed by atoms with Gasteiger partial charge in [-0.25, -0.2) is 0 Å². The third-order valence-corrected chi connectivity index (χ3v) is 4.92. The lowest BCUT2D eigenvalue weighted by Crippen LogP contribution is -2.39. The molecule has 0 aromatic rings. The topological polar surface area (TPSA) is 40.5 Å². The zero-order valence-corrected chi connectivity index (χ0v) is 13.1. The Labute approximate surface area is 118 Å². The van der Waals surface area contributed by atoms with Crippen molar-refractivity contribution in [2.24, 2.45) is 11.3 Å². The molecule has 0 saturated carbocycles. The molecule has 3 unspecified atom stereocenters. The molecular weight excluding hydrogens is 238 g/mol. The summed E-state index contributed by atoms with van der Waals surface area (Å²) in [6.07, 6.45) is 6.15. The molecule has 1 fully saturated rings. The second-order valence-corrected chi connectivity index (χ2v) is 6.37. The number of likely N-dealkylation sites (tertiary alicyclic amines) is 1. The minimum atomic E-state index is -0.588. The van der Waals surface area contributed by atoms with Crippen molar-refractivity contribution < 1.29 is 9.90 Å². The highest BCUT2D eigenvalue weighted by Crippen LogP contribution is 2.37. The predicted octanol–water partition coefficient (Wildman–Crippen LogP) is 3.78.